The van der Waals surface area contributed by atoms with E-state index in [0.29, 0.717) is 43.1 Å². The van der Waals surface area contributed by atoms with E-state index in [1.54, 1.807) is 52.2 Å². The zero-order valence-corrected chi connectivity index (χ0v) is 16.2. The van der Waals surface area contributed by atoms with Crippen LogP contribution in [0.1, 0.15) is 20.7 Å². The van der Waals surface area contributed by atoms with Gasteiger partial charge in [0.1, 0.15) is 5.75 Å². The first-order valence-electron chi connectivity index (χ1n) is 9.48. The van der Waals surface area contributed by atoms with Crippen molar-refractivity contribution in [2.75, 3.05) is 33.3 Å². The van der Waals surface area contributed by atoms with Gasteiger partial charge in [-0.05, 0) is 30.3 Å². The summed E-state index contributed by atoms with van der Waals surface area (Å²) in [6.07, 6.45) is 3.33. The molecule has 1 aromatic heterocycles. The van der Waals surface area contributed by atoms with E-state index in [9.17, 15) is 9.59 Å². The second-order valence-electron chi connectivity index (χ2n) is 6.83. The average Bonchev–Trinajstić information content (AvgIpc) is 3.29. The van der Waals surface area contributed by atoms with Gasteiger partial charge in [-0.15, -0.1) is 0 Å². The number of hydrogen-bond acceptors (Lipinski definition) is 4. The molecular weight excluding hydrogens is 368 g/mol. The number of para-hydroxylation sites is 1. The maximum absolute atomic E-state index is 12.8. The number of amides is 2. The molecule has 7 heteroatoms. The van der Waals surface area contributed by atoms with Crippen molar-refractivity contribution in [3.8, 4) is 11.4 Å². The lowest BCUT2D eigenvalue weighted by atomic mass is 10.1. The predicted molar refractivity (Wildman–Crippen MR) is 108 cm³/mol. The van der Waals surface area contributed by atoms with Crippen molar-refractivity contribution in [2.24, 2.45) is 0 Å². The molecule has 4 rings (SSSR count). The van der Waals surface area contributed by atoms with E-state index in [4.69, 9.17) is 4.74 Å². The molecule has 1 saturated heterocycles. The molecule has 0 aliphatic carbocycles. The van der Waals surface area contributed by atoms with E-state index in [1.165, 1.54) is 0 Å². The van der Waals surface area contributed by atoms with Crippen LogP contribution in [-0.2, 0) is 0 Å². The van der Waals surface area contributed by atoms with Crippen molar-refractivity contribution in [3.05, 3.63) is 78.1 Å². The van der Waals surface area contributed by atoms with Crippen LogP contribution in [0.25, 0.3) is 5.69 Å². The molecule has 1 aliphatic heterocycles. The molecule has 0 saturated carbocycles. The number of benzene rings is 2. The van der Waals surface area contributed by atoms with Crippen molar-refractivity contribution in [1.82, 2.24) is 19.6 Å². The molecule has 2 amide bonds. The normalized spacial score (nSPS) is 14.0. The van der Waals surface area contributed by atoms with Crippen molar-refractivity contribution in [3.63, 3.8) is 0 Å². The first kappa shape index (κ1) is 18.7. The zero-order valence-electron chi connectivity index (χ0n) is 16.2. The standard InChI is InChI=1S/C22H22N4O3/c1-29-20-9-5-6-17(14-20)21(27)24-10-12-25(13-11-24)22(28)18-15-23-26(16-18)19-7-3-2-4-8-19/h2-9,14-16H,10-13H2,1H3. The minimum Gasteiger partial charge on any atom is -0.497 e. The number of hydrogen-bond donors (Lipinski definition) is 0. The van der Waals surface area contributed by atoms with Crippen LogP contribution in [0.2, 0.25) is 0 Å². The molecule has 29 heavy (non-hydrogen) atoms. The molecule has 3 aromatic rings. The van der Waals surface area contributed by atoms with Gasteiger partial charge in [0, 0.05) is 37.9 Å². The van der Waals surface area contributed by atoms with Crippen molar-refractivity contribution >= 4 is 11.8 Å². The lowest BCUT2D eigenvalue weighted by Gasteiger charge is -2.34. The van der Waals surface area contributed by atoms with Gasteiger partial charge in [0.25, 0.3) is 11.8 Å². The Hall–Kier alpha value is -3.61. The number of methoxy groups -OCH3 is 1. The number of ether oxygens (including phenoxy) is 1. The molecule has 2 heterocycles. The predicted octanol–water partition coefficient (Wildman–Crippen LogP) is 2.48. The Kier molecular flexibility index (Phi) is 5.29. The average molecular weight is 390 g/mol. The molecule has 0 bridgehead atoms. The first-order chi connectivity index (χ1) is 14.2. The molecular formula is C22H22N4O3. The lowest BCUT2D eigenvalue weighted by Crippen LogP contribution is -2.50. The fourth-order valence-corrected chi connectivity index (χ4v) is 3.39. The minimum absolute atomic E-state index is 0.0482. The summed E-state index contributed by atoms with van der Waals surface area (Å²) in [5.41, 5.74) is 2.04. The van der Waals surface area contributed by atoms with Crippen LogP contribution in [0, 0.1) is 0 Å². The third-order valence-corrected chi connectivity index (χ3v) is 5.02. The molecule has 0 unspecified atom stereocenters. The highest BCUT2D eigenvalue weighted by molar-refractivity contribution is 5.96. The van der Waals surface area contributed by atoms with Gasteiger partial charge in [-0.3, -0.25) is 9.59 Å². The van der Waals surface area contributed by atoms with Crippen LogP contribution in [0.4, 0.5) is 0 Å². The van der Waals surface area contributed by atoms with Crippen LogP contribution in [0.5, 0.6) is 5.75 Å². The van der Waals surface area contributed by atoms with E-state index >= 15 is 0 Å². The number of nitrogens with zero attached hydrogens (tertiary/aromatic N) is 4. The van der Waals surface area contributed by atoms with Crippen LogP contribution in [0.15, 0.2) is 67.0 Å². The number of aromatic nitrogens is 2. The van der Waals surface area contributed by atoms with Crippen molar-refractivity contribution in [1.29, 1.82) is 0 Å². The van der Waals surface area contributed by atoms with Crippen LogP contribution < -0.4 is 4.74 Å². The van der Waals surface area contributed by atoms with Crippen molar-refractivity contribution in [2.45, 2.75) is 0 Å². The smallest absolute Gasteiger partial charge is 0.257 e. The van der Waals surface area contributed by atoms with Gasteiger partial charge in [-0.1, -0.05) is 24.3 Å². The van der Waals surface area contributed by atoms with Crippen LogP contribution in [-0.4, -0.2) is 64.7 Å². The largest absolute Gasteiger partial charge is 0.497 e. The van der Waals surface area contributed by atoms with E-state index in [1.807, 2.05) is 36.4 Å². The Morgan fingerprint density at radius 1 is 0.862 bits per heavy atom. The molecule has 1 aliphatic rings. The summed E-state index contributed by atoms with van der Waals surface area (Å²) in [5.74, 6) is 0.536. The highest BCUT2D eigenvalue weighted by Gasteiger charge is 2.26. The summed E-state index contributed by atoms with van der Waals surface area (Å²) in [6, 6.07) is 16.8. The highest BCUT2D eigenvalue weighted by Crippen LogP contribution is 2.17. The first-order valence-corrected chi connectivity index (χ1v) is 9.48. The quantitative estimate of drug-likeness (QED) is 0.686. The van der Waals surface area contributed by atoms with Gasteiger partial charge < -0.3 is 14.5 Å². The van der Waals surface area contributed by atoms with Crippen molar-refractivity contribution < 1.29 is 14.3 Å². The highest BCUT2D eigenvalue weighted by atomic mass is 16.5. The summed E-state index contributed by atoms with van der Waals surface area (Å²) in [4.78, 5) is 29.1. The Morgan fingerprint density at radius 2 is 1.52 bits per heavy atom. The van der Waals surface area contributed by atoms with Gasteiger partial charge in [0.05, 0.1) is 24.6 Å². The molecule has 0 spiro atoms. The molecule has 0 atom stereocenters. The Bertz CT molecular complexity index is 1010. The van der Waals surface area contributed by atoms with E-state index in [2.05, 4.69) is 5.10 Å². The number of piperazine rings is 1. The zero-order chi connectivity index (χ0) is 20.2. The summed E-state index contributed by atoms with van der Waals surface area (Å²) in [6.45, 7) is 1.97. The Morgan fingerprint density at radius 3 is 2.17 bits per heavy atom. The number of rotatable bonds is 4. The van der Waals surface area contributed by atoms with E-state index in [0.717, 1.165) is 5.69 Å². The Labute approximate surface area is 169 Å². The summed E-state index contributed by atoms with van der Waals surface area (Å²) in [7, 11) is 1.58. The topological polar surface area (TPSA) is 67.7 Å². The number of carbonyl (C=O) groups excluding carboxylic acids is 2. The fourth-order valence-electron chi connectivity index (χ4n) is 3.39. The third kappa shape index (κ3) is 3.99. The van der Waals surface area contributed by atoms with Gasteiger partial charge >= 0.3 is 0 Å². The molecule has 148 valence electrons. The second kappa shape index (κ2) is 8.18. The van der Waals surface area contributed by atoms with E-state index < -0.39 is 0 Å². The molecule has 0 radical (unpaired) electrons. The van der Waals surface area contributed by atoms with Gasteiger partial charge in [-0.2, -0.15) is 5.10 Å². The SMILES string of the molecule is COc1cccc(C(=O)N2CCN(C(=O)c3cnn(-c4ccccc4)c3)CC2)c1. The summed E-state index contributed by atoms with van der Waals surface area (Å²) >= 11 is 0. The van der Waals surface area contributed by atoms with Gasteiger partial charge in [0.15, 0.2) is 0 Å². The minimum atomic E-state index is -0.0688. The third-order valence-electron chi connectivity index (χ3n) is 5.02. The maximum Gasteiger partial charge on any atom is 0.257 e. The Balaban J connectivity index is 1.39. The summed E-state index contributed by atoms with van der Waals surface area (Å²) < 4.78 is 6.88. The number of carbonyl (C=O) groups is 2. The molecule has 7 nitrogen and oxygen atoms in total. The monoisotopic (exact) mass is 390 g/mol. The lowest BCUT2D eigenvalue weighted by molar-refractivity contribution is 0.0535. The van der Waals surface area contributed by atoms with Gasteiger partial charge in [0.2, 0.25) is 0 Å². The van der Waals surface area contributed by atoms with Crippen LogP contribution >= 0.6 is 0 Å². The molecule has 0 N–H and O–H groups in total. The van der Waals surface area contributed by atoms with Crippen LogP contribution in [0.3, 0.4) is 0 Å². The fraction of sp³-hybridized carbons (Fsp3) is 0.227. The molecule has 2 aromatic carbocycles. The molecule has 1 fully saturated rings. The van der Waals surface area contributed by atoms with E-state index in [-0.39, 0.29) is 11.8 Å². The van der Waals surface area contributed by atoms with Gasteiger partial charge in [-0.25, -0.2) is 4.68 Å². The maximum atomic E-state index is 12.8. The summed E-state index contributed by atoms with van der Waals surface area (Å²) in [5, 5.41) is 4.29. The second-order valence-corrected chi connectivity index (χ2v) is 6.83.